The van der Waals surface area contributed by atoms with Gasteiger partial charge in [0.05, 0.1) is 0 Å². The van der Waals surface area contributed by atoms with Gasteiger partial charge in [0.2, 0.25) is 0 Å². The van der Waals surface area contributed by atoms with Crippen molar-refractivity contribution in [3.63, 3.8) is 0 Å². The lowest BCUT2D eigenvalue weighted by Gasteiger charge is -2.38. The van der Waals surface area contributed by atoms with Crippen LogP contribution in [-0.2, 0) is 10.2 Å². The van der Waals surface area contributed by atoms with Gasteiger partial charge < -0.3 is 10.6 Å². The summed E-state index contributed by atoms with van der Waals surface area (Å²) in [5.41, 5.74) is 7.83. The summed E-state index contributed by atoms with van der Waals surface area (Å²) in [7, 11) is -1.79. The Morgan fingerprint density at radius 3 is 2.32 bits per heavy atom. The zero-order valence-corrected chi connectivity index (χ0v) is 18.3. The number of carbonyl (C=O) groups is 1. The quantitative estimate of drug-likeness (QED) is 0.742. The highest BCUT2D eigenvalue weighted by Gasteiger charge is 2.35. The fraction of sp³-hybridized carbons (Fsp3) is 0.632. The van der Waals surface area contributed by atoms with E-state index >= 15 is 0 Å². The second kappa shape index (κ2) is 9.43. The lowest BCUT2D eigenvalue weighted by atomic mass is 9.96. The molecule has 1 heterocycles. The SMILES string of the molecule is Cc1ccc(N)cc1C(=O)N1CCN(S(=O)(=O)N(C)C2CCCCC2)CC1.Cl. The number of anilines is 1. The molecule has 7 nitrogen and oxygen atoms in total. The predicted octanol–water partition coefficient (Wildman–Crippen LogP) is 2.27. The van der Waals surface area contributed by atoms with Crippen molar-refractivity contribution in [1.29, 1.82) is 0 Å². The highest BCUT2D eigenvalue weighted by molar-refractivity contribution is 7.86. The van der Waals surface area contributed by atoms with E-state index in [0.29, 0.717) is 37.4 Å². The van der Waals surface area contributed by atoms with Crippen LogP contribution in [-0.4, -0.2) is 67.1 Å². The second-order valence-corrected chi connectivity index (χ2v) is 9.57. The molecule has 2 fully saturated rings. The molecule has 0 radical (unpaired) electrons. The molecule has 1 aliphatic heterocycles. The van der Waals surface area contributed by atoms with Crippen LogP contribution in [0.4, 0.5) is 5.69 Å². The first-order chi connectivity index (χ1) is 12.8. The molecule has 1 saturated carbocycles. The van der Waals surface area contributed by atoms with Crippen molar-refractivity contribution in [2.24, 2.45) is 0 Å². The molecule has 1 amide bonds. The van der Waals surface area contributed by atoms with Crippen LogP contribution in [0.3, 0.4) is 0 Å². The number of carbonyl (C=O) groups excluding carboxylic acids is 1. The molecule has 2 N–H and O–H groups in total. The van der Waals surface area contributed by atoms with Gasteiger partial charge in [0.1, 0.15) is 0 Å². The van der Waals surface area contributed by atoms with Gasteiger partial charge >= 0.3 is 0 Å². The van der Waals surface area contributed by atoms with Crippen molar-refractivity contribution in [2.75, 3.05) is 39.0 Å². The zero-order chi connectivity index (χ0) is 19.6. The van der Waals surface area contributed by atoms with Gasteiger partial charge in [-0.15, -0.1) is 12.4 Å². The third kappa shape index (κ3) is 4.79. The summed E-state index contributed by atoms with van der Waals surface area (Å²) in [5.74, 6) is -0.0857. The fourth-order valence-corrected chi connectivity index (χ4v) is 5.55. The number of aryl methyl sites for hydroxylation is 1. The molecule has 28 heavy (non-hydrogen) atoms. The second-order valence-electron chi connectivity index (χ2n) is 7.58. The van der Waals surface area contributed by atoms with Gasteiger partial charge in [0.25, 0.3) is 16.1 Å². The molecular weight excluding hydrogens is 400 g/mol. The van der Waals surface area contributed by atoms with Crippen LogP contribution in [0, 0.1) is 6.92 Å². The standard InChI is InChI=1S/C19H30N4O3S.ClH/c1-15-8-9-16(20)14-18(15)19(24)22-10-12-23(13-11-22)27(25,26)21(2)17-6-4-3-5-7-17;/h8-9,14,17H,3-7,10-13,20H2,1-2H3;1H. The van der Waals surface area contributed by atoms with E-state index in [1.54, 1.807) is 28.4 Å². The van der Waals surface area contributed by atoms with Crippen LogP contribution in [0.5, 0.6) is 0 Å². The molecule has 2 aliphatic rings. The monoisotopic (exact) mass is 430 g/mol. The maximum atomic E-state index is 13.0. The smallest absolute Gasteiger partial charge is 0.282 e. The van der Waals surface area contributed by atoms with Gasteiger partial charge in [-0.3, -0.25) is 4.79 Å². The van der Waals surface area contributed by atoms with E-state index in [0.717, 1.165) is 31.2 Å². The van der Waals surface area contributed by atoms with Gasteiger partial charge in [0, 0.05) is 50.5 Å². The molecule has 0 spiro atoms. The van der Waals surface area contributed by atoms with Gasteiger partial charge in [0.15, 0.2) is 0 Å². The predicted molar refractivity (Wildman–Crippen MR) is 114 cm³/mol. The third-order valence-electron chi connectivity index (χ3n) is 5.80. The molecule has 158 valence electrons. The van der Waals surface area contributed by atoms with E-state index < -0.39 is 10.2 Å². The van der Waals surface area contributed by atoms with Crippen molar-refractivity contribution >= 4 is 34.2 Å². The van der Waals surface area contributed by atoms with Gasteiger partial charge in [-0.2, -0.15) is 17.0 Å². The summed E-state index contributed by atoms with van der Waals surface area (Å²) in [6.07, 6.45) is 5.24. The Labute approximate surface area is 174 Å². The number of rotatable bonds is 4. The minimum absolute atomic E-state index is 0. The molecule has 0 atom stereocenters. The maximum absolute atomic E-state index is 13.0. The Bertz CT molecular complexity index is 788. The van der Waals surface area contributed by atoms with Crippen molar-refractivity contribution in [2.45, 2.75) is 45.1 Å². The Kier molecular flexibility index (Phi) is 7.73. The molecule has 0 unspecified atom stereocenters. The topological polar surface area (TPSA) is 87.0 Å². The van der Waals surface area contributed by atoms with E-state index in [1.807, 2.05) is 13.0 Å². The number of amides is 1. The normalized spacial score (nSPS) is 19.5. The third-order valence-corrected chi connectivity index (χ3v) is 7.84. The van der Waals surface area contributed by atoms with Crippen molar-refractivity contribution < 1.29 is 13.2 Å². The number of halogens is 1. The van der Waals surface area contributed by atoms with E-state index in [1.165, 1.54) is 10.7 Å². The van der Waals surface area contributed by atoms with E-state index in [4.69, 9.17) is 5.73 Å². The summed E-state index contributed by atoms with van der Waals surface area (Å²) in [4.78, 5) is 14.5. The van der Waals surface area contributed by atoms with Crippen molar-refractivity contribution in [3.05, 3.63) is 29.3 Å². The number of piperazine rings is 1. The van der Waals surface area contributed by atoms with Crippen LogP contribution >= 0.6 is 12.4 Å². The molecular formula is C19H31ClN4O3S. The molecule has 0 bridgehead atoms. The average Bonchev–Trinajstić information content (AvgIpc) is 2.69. The number of hydrogen-bond donors (Lipinski definition) is 1. The molecule has 1 saturated heterocycles. The Balaban J connectivity index is 0.00000280. The van der Waals surface area contributed by atoms with Crippen molar-refractivity contribution in [1.82, 2.24) is 13.5 Å². The van der Waals surface area contributed by atoms with Gasteiger partial charge in [-0.1, -0.05) is 25.3 Å². The van der Waals surface area contributed by atoms with Crippen LogP contribution in [0.1, 0.15) is 48.0 Å². The van der Waals surface area contributed by atoms with Crippen LogP contribution in [0.15, 0.2) is 18.2 Å². The fourth-order valence-electron chi connectivity index (χ4n) is 3.98. The average molecular weight is 431 g/mol. The number of hydrogen-bond acceptors (Lipinski definition) is 4. The number of nitrogen functional groups attached to an aromatic ring is 1. The molecule has 1 aromatic rings. The first-order valence-corrected chi connectivity index (χ1v) is 11.1. The molecule has 0 aromatic heterocycles. The Hall–Kier alpha value is -1.35. The van der Waals surface area contributed by atoms with Gasteiger partial charge in [-0.05, 0) is 37.5 Å². The molecule has 3 rings (SSSR count). The van der Waals surface area contributed by atoms with E-state index in [-0.39, 0.29) is 24.4 Å². The Morgan fingerprint density at radius 1 is 1.11 bits per heavy atom. The lowest BCUT2D eigenvalue weighted by molar-refractivity contribution is 0.0692. The minimum Gasteiger partial charge on any atom is -0.399 e. The highest BCUT2D eigenvalue weighted by atomic mass is 35.5. The summed E-state index contributed by atoms with van der Waals surface area (Å²) >= 11 is 0. The molecule has 1 aliphatic carbocycles. The van der Waals surface area contributed by atoms with Crippen LogP contribution in [0.25, 0.3) is 0 Å². The van der Waals surface area contributed by atoms with Gasteiger partial charge in [-0.25, -0.2) is 0 Å². The number of nitrogens with zero attached hydrogens (tertiary/aromatic N) is 3. The largest absolute Gasteiger partial charge is 0.399 e. The summed E-state index contributed by atoms with van der Waals surface area (Å²) in [6.45, 7) is 3.32. The zero-order valence-electron chi connectivity index (χ0n) is 16.6. The first-order valence-electron chi connectivity index (χ1n) is 9.69. The number of benzene rings is 1. The maximum Gasteiger partial charge on any atom is 0.282 e. The molecule has 9 heteroatoms. The Morgan fingerprint density at radius 2 is 1.71 bits per heavy atom. The van der Waals surface area contributed by atoms with Crippen LogP contribution in [0.2, 0.25) is 0 Å². The van der Waals surface area contributed by atoms with Crippen molar-refractivity contribution in [3.8, 4) is 0 Å². The highest BCUT2D eigenvalue weighted by Crippen LogP contribution is 2.25. The summed E-state index contributed by atoms with van der Waals surface area (Å²) < 4.78 is 29.0. The first kappa shape index (κ1) is 22.9. The lowest BCUT2D eigenvalue weighted by Crippen LogP contribution is -2.55. The summed E-state index contributed by atoms with van der Waals surface area (Å²) in [6, 6.07) is 5.40. The minimum atomic E-state index is -3.48. The number of nitrogens with two attached hydrogens (primary N) is 1. The molecule has 1 aromatic carbocycles. The van der Waals surface area contributed by atoms with E-state index in [2.05, 4.69) is 0 Å². The van der Waals surface area contributed by atoms with Crippen LogP contribution < -0.4 is 5.73 Å². The van der Waals surface area contributed by atoms with E-state index in [9.17, 15) is 13.2 Å². The summed E-state index contributed by atoms with van der Waals surface area (Å²) in [5, 5.41) is 0.